The molecule has 18 heavy (non-hydrogen) atoms. The van der Waals surface area contributed by atoms with Crippen molar-refractivity contribution >= 4 is 0 Å². The van der Waals surface area contributed by atoms with Gasteiger partial charge in [0, 0.05) is 6.54 Å². The van der Waals surface area contributed by atoms with Crippen LogP contribution >= 0.6 is 0 Å². The first-order chi connectivity index (χ1) is 8.62. The fourth-order valence-corrected chi connectivity index (χ4v) is 1.81. The number of likely N-dealkylation sites (N-methyl/N-ethyl adjacent to an activating group) is 1. The number of aryl methyl sites for hydroxylation is 1. The van der Waals surface area contributed by atoms with Crippen molar-refractivity contribution in [2.24, 2.45) is 5.92 Å². The van der Waals surface area contributed by atoms with Gasteiger partial charge in [-0.1, -0.05) is 26.8 Å². The van der Waals surface area contributed by atoms with E-state index >= 15 is 0 Å². The van der Waals surface area contributed by atoms with Crippen LogP contribution in [0.15, 0.2) is 18.2 Å². The van der Waals surface area contributed by atoms with Gasteiger partial charge >= 0.3 is 0 Å². The summed E-state index contributed by atoms with van der Waals surface area (Å²) in [7, 11) is 3.63. The van der Waals surface area contributed by atoms with E-state index in [4.69, 9.17) is 9.47 Å². The molecule has 0 fully saturated rings. The van der Waals surface area contributed by atoms with E-state index < -0.39 is 0 Å². The Balaban J connectivity index is 2.87. The first-order valence-corrected chi connectivity index (χ1v) is 6.60. The average molecular weight is 251 g/mol. The number of hydrogen-bond acceptors (Lipinski definition) is 3. The van der Waals surface area contributed by atoms with Gasteiger partial charge in [0.25, 0.3) is 0 Å². The monoisotopic (exact) mass is 251 g/mol. The van der Waals surface area contributed by atoms with Gasteiger partial charge in [-0.2, -0.15) is 0 Å². The van der Waals surface area contributed by atoms with Crippen molar-refractivity contribution in [3.05, 3.63) is 23.8 Å². The molecule has 0 spiro atoms. The Morgan fingerprint density at radius 1 is 1.22 bits per heavy atom. The quantitative estimate of drug-likeness (QED) is 0.808. The number of rotatable bonds is 7. The van der Waals surface area contributed by atoms with Gasteiger partial charge < -0.3 is 14.8 Å². The van der Waals surface area contributed by atoms with Crippen LogP contribution in [0, 0.1) is 5.92 Å². The zero-order valence-electron chi connectivity index (χ0n) is 12.1. The molecular weight excluding hydrogens is 226 g/mol. The Morgan fingerprint density at radius 2 is 1.94 bits per heavy atom. The summed E-state index contributed by atoms with van der Waals surface area (Å²) in [4.78, 5) is 0. The number of methoxy groups -OCH3 is 1. The Labute approximate surface area is 110 Å². The number of ether oxygens (including phenoxy) is 2. The average Bonchev–Trinajstić information content (AvgIpc) is 2.38. The highest BCUT2D eigenvalue weighted by atomic mass is 16.5. The van der Waals surface area contributed by atoms with Crippen LogP contribution in [-0.4, -0.2) is 26.8 Å². The highest BCUT2D eigenvalue weighted by Gasteiger charge is 2.16. The normalized spacial score (nSPS) is 12.6. The van der Waals surface area contributed by atoms with Gasteiger partial charge in [-0.05, 0) is 37.1 Å². The molecule has 0 bridgehead atoms. The molecule has 0 aliphatic heterocycles. The van der Waals surface area contributed by atoms with Crippen LogP contribution in [0.4, 0.5) is 0 Å². The molecule has 1 aromatic carbocycles. The van der Waals surface area contributed by atoms with Crippen LogP contribution in [0.2, 0.25) is 0 Å². The standard InChI is InChI=1S/C15H25NO2/c1-6-12-7-8-13(14(9-12)17-5)18-15(10-16-4)11(2)3/h7-9,11,15-16H,6,10H2,1-5H3. The zero-order chi connectivity index (χ0) is 13.5. The van der Waals surface area contributed by atoms with Gasteiger partial charge in [-0.3, -0.25) is 0 Å². The summed E-state index contributed by atoms with van der Waals surface area (Å²) in [5.74, 6) is 2.09. The second kappa shape index (κ2) is 7.27. The molecule has 0 aromatic heterocycles. The molecule has 0 saturated heterocycles. The first-order valence-electron chi connectivity index (χ1n) is 6.60. The summed E-state index contributed by atoms with van der Waals surface area (Å²) < 4.78 is 11.5. The summed E-state index contributed by atoms with van der Waals surface area (Å²) in [5, 5.41) is 3.16. The van der Waals surface area contributed by atoms with Crippen LogP contribution in [0.5, 0.6) is 11.5 Å². The minimum absolute atomic E-state index is 0.149. The van der Waals surface area contributed by atoms with Crippen molar-refractivity contribution in [2.75, 3.05) is 20.7 Å². The van der Waals surface area contributed by atoms with Crippen LogP contribution in [0.3, 0.4) is 0 Å². The van der Waals surface area contributed by atoms with Crippen LogP contribution in [0.1, 0.15) is 26.3 Å². The predicted octanol–water partition coefficient (Wildman–Crippen LogP) is 2.88. The van der Waals surface area contributed by atoms with Gasteiger partial charge in [-0.15, -0.1) is 0 Å². The second-order valence-corrected chi connectivity index (χ2v) is 4.80. The molecule has 0 aliphatic carbocycles. The van der Waals surface area contributed by atoms with Crippen molar-refractivity contribution < 1.29 is 9.47 Å². The van der Waals surface area contributed by atoms with E-state index in [2.05, 4.69) is 32.2 Å². The van der Waals surface area contributed by atoms with E-state index in [0.29, 0.717) is 5.92 Å². The smallest absolute Gasteiger partial charge is 0.161 e. The Hall–Kier alpha value is -1.22. The van der Waals surface area contributed by atoms with Crippen molar-refractivity contribution in [3.8, 4) is 11.5 Å². The Morgan fingerprint density at radius 3 is 2.44 bits per heavy atom. The third kappa shape index (κ3) is 3.91. The summed E-state index contributed by atoms with van der Waals surface area (Å²) >= 11 is 0. The molecule has 1 atom stereocenters. The molecule has 3 heteroatoms. The highest BCUT2D eigenvalue weighted by Crippen LogP contribution is 2.30. The second-order valence-electron chi connectivity index (χ2n) is 4.80. The molecule has 0 aliphatic rings. The summed E-state index contributed by atoms with van der Waals surface area (Å²) in [6.07, 6.45) is 1.15. The van der Waals surface area contributed by atoms with Gasteiger partial charge in [-0.25, -0.2) is 0 Å². The molecule has 102 valence electrons. The van der Waals surface area contributed by atoms with Gasteiger partial charge in [0.1, 0.15) is 6.10 Å². The summed E-state index contributed by atoms with van der Waals surface area (Å²) in [6.45, 7) is 7.29. The van der Waals surface area contributed by atoms with Gasteiger partial charge in [0.2, 0.25) is 0 Å². The highest BCUT2D eigenvalue weighted by molar-refractivity contribution is 5.43. The SMILES string of the molecule is CCc1ccc(OC(CNC)C(C)C)c(OC)c1. The first kappa shape index (κ1) is 14.8. The fraction of sp³-hybridized carbons (Fsp3) is 0.600. The minimum Gasteiger partial charge on any atom is -0.493 e. The van der Waals surface area contributed by atoms with E-state index in [0.717, 1.165) is 24.5 Å². The molecule has 0 heterocycles. The maximum absolute atomic E-state index is 6.05. The van der Waals surface area contributed by atoms with E-state index in [1.807, 2.05) is 19.2 Å². The maximum atomic E-state index is 6.05. The van der Waals surface area contributed by atoms with Gasteiger partial charge in [0.05, 0.1) is 7.11 Å². The molecule has 1 aromatic rings. The van der Waals surface area contributed by atoms with E-state index in [9.17, 15) is 0 Å². The molecule has 1 unspecified atom stereocenters. The van der Waals surface area contributed by atoms with Crippen LogP contribution in [0.25, 0.3) is 0 Å². The van der Waals surface area contributed by atoms with Gasteiger partial charge in [0.15, 0.2) is 11.5 Å². The Kier molecular flexibility index (Phi) is 5.99. The van der Waals surface area contributed by atoms with Crippen molar-refractivity contribution in [1.29, 1.82) is 0 Å². The van der Waals surface area contributed by atoms with Crippen molar-refractivity contribution in [2.45, 2.75) is 33.3 Å². The largest absolute Gasteiger partial charge is 0.493 e. The van der Waals surface area contributed by atoms with E-state index in [-0.39, 0.29) is 6.10 Å². The minimum atomic E-state index is 0.149. The fourth-order valence-electron chi connectivity index (χ4n) is 1.81. The zero-order valence-corrected chi connectivity index (χ0v) is 12.1. The number of hydrogen-bond donors (Lipinski definition) is 1. The maximum Gasteiger partial charge on any atom is 0.161 e. The van der Waals surface area contributed by atoms with Crippen molar-refractivity contribution in [3.63, 3.8) is 0 Å². The lowest BCUT2D eigenvalue weighted by Gasteiger charge is -2.23. The molecule has 0 saturated carbocycles. The van der Waals surface area contributed by atoms with E-state index in [1.54, 1.807) is 7.11 Å². The predicted molar refractivity (Wildman–Crippen MR) is 75.6 cm³/mol. The van der Waals surface area contributed by atoms with Crippen LogP contribution < -0.4 is 14.8 Å². The third-order valence-electron chi connectivity index (χ3n) is 3.06. The third-order valence-corrected chi connectivity index (χ3v) is 3.06. The van der Waals surface area contributed by atoms with Crippen LogP contribution in [-0.2, 0) is 6.42 Å². The van der Waals surface area contributed by atoms with Crippen molar-refractivity contribution in [1.82, 2.24) is 5.32 Å². The number of benzene rings is 1. The molecule has 0 radical (unpaired) electrons. The molecule has 1 N–H and O–H groups in total. The molecule has 1 rings (SSSR count). The lowest BCUT2D eigenvalue weighted by molar-refractivity contribution is 0.146. The lowest BCUT2D eigenvalue weighted by Crippen LogP contribution is -2.33. The molecular formula is C15H25NO2. The molecule has 0 amide bonds. The Bertz CT molecular complexity index is 364. The molecule has 3 nitrogen and oxygen atoms in total. The lowest BCUT2D eigenvalue weighted by atomic mass is 10.1. The summed E-state index contributed by atoms with van der Waals surface area (Å²) in [5.41, 5.74) is 1.26. The summed E-state index contributed by atoms with van der Waals surface area (Å²) in [6, 6.07) is 6.14. The van der Waals surface area contributed by atoms with E-state index in [1.165, 1.54) is 5.56 Å². The number of nitrogens with one attached hydrogen (secondary N) is 1. The topological polar surface area (TPSA) is 30.5 Å².